The number of hydrogen-bond acceptors (Lipinski definition) is 1. The Labute approximate surface area is 309 Å². The van der Waals surface area contributed by atoms with Crippen molar-refractivity contribution in [3.8, 4) is 33.4 Å². The van der Waals surface area contributed by atoms with Crippen LogP contribution in [0.4, 0.5) is 17.1 Å². The van der Waals surface area contributed by atoms with Gasteiger partial charge < -0.3 is 4.90 Å². The minimum Gasteiger partial charge on any atom is -0.310 e. The molecule has 0 spiro atoms. The first-order valence-corrected chi connectivity index (χ1v) is 18.3. The molecule has 1 heteroatoms. The maximum atomic E-state index is 2.39. The Balaban J connectivity index is 1.11. The first-order chi connectivity index (χ1) is 26.3. The van der Waals surface area contributed by atoms with Crippen LogP contribution in [0.5, 0.6) is 0 Å². The van der Waals surface area contributed by atoms with Crippen LogP contribution in [0.1, 0.15) is 0 Å². The van der Waals surface area contributed by atoms with Crippen molar-refractivity contribution in [1.29, 1.82) is 0 Å². The second-order valence-corrected chi connectivity index (χ2v) is 13.7. The number of para-hydroxylation sites is 1. The summed E-state index contributed by atoms with van der Waals surface area (Å²) in [5.41, 5.74) is 10.6. The van der Waals surface area contributed by atoms with Gasteiger partial charge >= 0.3 is 0 Å². The van der Waals surface area contributed by atoms with E-state index in [0.717, 1.165) is 17.1 Å². The minimum absolute atomic E-state index is 1.10. The molecule has 0 saturated carbocycles. The Hall–Kier alpha value is -6.96. The lowest BCUT2D eigenvalue weighted by molar-refractivity contribution is 1.28. The van der Waals surface area contributed by atoms with Crippen molar-refractivity contribution in [3.05, 3.63) is 212 Å². The first kappa shape index (κ1) is 30.8. The van der Waals surface area contributed by atoms with Gasteiger partial charge in [-0.2, -0.15) is 0 Å². The van der Waals surface area contributed by atoms with Crippen LogP contribution in [0.3, 0.4) is 0 Å². The molecule has 0 aliphatic carbocycles. The Kier molecular flexibility index (Phi) is 7.55. The number of rotatable bonds is 6. The predicted octanol–water partition coefficient (Wildman–Crippen LogP) is 14.8. The van der Waals surface area contributed by atoms with Crippen LogP contribution in [0, 0.1) is 0 Å². The second-order valence-electron chi connectivity index (χ2n) is 13.7. The molecule has 0 atom stereocenters. The summed E-state index contributed by atoms with van der Waals surface area (Å²) in [5, 5.41) is 10.2. The van der Waals surface area contributed by atoms with E-state index in [2.05, 4.69) is 217 Å². The smallest absolute Gasteiger partial charge is 0.0540 e. The molecular weight excluding hydrogens is 639 g/mol. The molecule has 0 fully saturated rings. The summed E-state index contributed by atoms with van der Waals surface area (Å²) in [6.45, 7) is 0. The van der Waals surface area contributed by atoms with Crippen molar-refractivity contribution in [2.24, 2.45) is 0 Å². The molecular formula is C52H35N. The van der Waals surface area contributed by atoms with Crippen LogP contribution in [-0.4, -0.2) is 0 Å². The van der Waals surface area contributed by atoms with E-state index >= 15 is 0 Å². The molecule has 1 nitrogen and oxygen atoms in total. The topological polar surface area (TPSA) is 3.24 Å². The monoisotopic (exact) mass is 673 g/mol. The van der Waals surface area contributed by atoms with E-state index in [1.54, 1.807) is 0 Å². The highest BCUT2D eigenvalue weighted by atomic mass is 15.1. The summed E-state index contributed by atoms with van der Waals surface area (Å²) < 4.78 is 0. The van der Waals surface area contributed by atoms with Crippen LogP contribution in [0.15, 0.2) is 212 Å². The third-order valence-electron chi connectivity index (χ3n) is 10.6. The molecule has 0 saturated heterocycles. The highest BCUT2D eigenvalue weighted by Crippen LogP contribution is 2.43. The van der Waals surface area contributed by atoms with Crippen LogP contribution in [-0.2, 0) is 0 Å². The van der Waals surface area contributed by atoms with Gasteiger partial charge in [-0.1, -0.05) is 170 Å². The van der Waals surface area contributed by atoms with E-state index in [-0.39, 0.29) is 0 Å². The molecule has 10 aromatic carbocycles. The van der Waals surface area contributed by atoms with Crippen molar-refractivity contribution in [3.63, 3.8) is 0 Å². The third kappa shape index (κ3) is 5.51. The first-order valence-electron chi connectivity index (χ1n) is 18.3. The Morgan fingerprint density at radius 3 is 1.55 bits per heavy atom. The van der Waals surface area contributed by atoms with E-state index < -0.39 is 0 Å². The van der Waals surface area contributed by atoms with Crippen LogP contribution >= 0.6 is 0 Å². The molecule has 0 N–H and O–H groups in total. The second kappa shape index (κ2) is 13.0. The number of benzene rings is 10. The van der Waals surface area contributed by atoms with Gasteiger partial charge in [-0.3, -0.25) is 0 Å². The average molecular weight is 674 g/mol. The quantitative estimate of drug-likeness (QED) is 0.159. The molecule has 10 rings (SSSR count). The zero-order chi connectivity index (χ0) is 35.1. The van der Waals surface area contributed by atoms with Gasteiger partial charge in [0.2, 0.25) is 0 Å². The summed E-state index contributed by atoms with van der Waals surface area (Å²) >= 11 is 0. The zero-order valence-electron chi connectivity index (χ0n) is 29.2. The lowest BCUT2D eigenvalue weighted by Crippen LogP contribution is -2.11. The molecule has 0 radical (unpaired) electrons. The van der Waals surface area contributed by atoms with Crippen molar-refractivity contribution in [1.82, 2.24) is 0 Å². The summed E-state index contributed by atoms with van der Waals surface area (Å²) in [6, 6.07) is 77.2. The fourth-order valence-corrected chi connectivity index (χ4v) is 8.03. The van der Waals surface area contributed by atoms with E-state index in [0.29, 0.717) is 0 Å². The Bertz CT molecular complexity index is 2910. The van der Waals surface area contributed by atoms with Gasteiger partial charge in [-0.05, 0) is 113 Å². The summed E-state index contributed by atoms with van der Waals surface area (Å²) in [5.74, 6) is 0. The van der Waals surface area contributed by atoms with Gasteiger partial charge in [-0.15, -0.1) is 0 Å². The lowest BCUT2D eigenvalue weighted by Gasteiger charge is -2.28. The zero-order valence-corrected chi connectivity index (χ0v) is 29.2. The van der Waals surface area contributed by atoms with Crippen molar-refractivity contribution < 1.29 is 0 Å². The van der Waals surface area contributed by atoms with Gasteiger partial charge in [0.25, 0.3) is 0 Å². The SMILES string of the molecule is c1ccc(-c2ccccc2N(c2ccc(-c3ccc4ccccc4c3)cc2)c2ccc(-c3cc4ccccc4c4c3ccc3ccccc34)cc2)cc1. The molecule has 0 bridgehead atoms. The fraction of sp³-hybridized carbons (Fsp3) is 0. The largest absolute Gasteiger partial charge is 0.310 e. The lowest BCUT2D eigenvalue weighted by atomic mass is 9.90. The summed E-state index contributed by atoms with van der Waals surface area (Å²) in [4.78, 5) is 2.39. The highest BCUT2D eigenvalue weighted by molar-refractivity contribution is 6.24. The van der Waals surface area contributed by atoms with Crippen molar-refractivity contribution in [2.75, 3.05) is 4.90 Å². The van der Waals surface area contributed by atoms with Gasteiger partial charge in [0, 0.05) is 16.9 Å². The fourth-order valence-electron chi connectivity index (χ4n) is 8.03. The van der Waals surface area contributed by atoms with E-state index in [1.807, 2.05) is 0 Å². The van der Waals surface area contributed by atoms with E-state index in [4.69, 9.17) is 0 Å². The Morgan fingerprint density at radius 2 is 0.792 bits per heavy atom. The number of anilines is 3. The Morgan fingerprint density at radius 1 is 0.264 bits per heavy atom. The summed E-state index contributed by atoms with van der Waals surface area (Å²) in [6.07, 6.45) is 0. The molecule has 0 aromatic heterocycles. The van der Waals surface area contributed by atoms with Crippen LogP contribution in [0.25, 0.3) is 76.5 Å². The van der Waals surface area contributed by atoms with Gasteiger partial charge in [-0.25, -0.2) is 0 Å². The van der Waals surface area contributed by atoms with Crippen LogP contribution in [0.2, 0.25) is 0 Å². The maximum Gasteiger partial charge on any atom is 0.0540 e. The van der Waals surface area contributed by atoms with E-state index in [1.165, 1.54) is 76.5 Å². The molecule has 0 aliphatic heterocycles. The number of hydrogen-bond donors (Lipinski definition) is 0. The highest BCUT2D eigenvalue weighted by Gasteiger charge is 2.18. The minimum atomic E-state index is 1.10. The molecule has 0 heterocycles. The molecule has 53 heavy (non-hydrogen) atoms. The normalized spacial score (nSPS) is 11.4. The van der Waals surface area contributed by atoms with Crippen LogP contribution < -0.4 is 4.90 Å². The van der Waals surface area contributed by atoms with Gasteiger partial charge in [0.1, 0.15) is 0 Å². The number of fused-ring (bicyclic) bond motifs is 6. The number of nitrogens with zero attached hydrogens (tertiary/aromatic N) is 1. The van der Waals surface area contributed by atoms with Gasteiger partial charge in [0.15, 0.2) is 0 Å². The molecule has 0 aliphatic rings. The average Bonchev–Trinajstić information content (AvgIpc) is 3.24. The maximum absolute atomic E-state index is 2.39. The van der Waals surface area contributed by atoms with E-state index in [9.17, 15) is 0 Å². The van der Waals surface area contributed by atoms with Crippen molar-refractivity contribution >= 4 is 60.2 Å². The molecule has 248 valence electrons. The van der Waals surface area contributed by atoms with Crippen molar-refractivity contribution in [2.45, 2.75) is 0 Å². The standard InChI is InChI=1S/C52H35N/c1-2-13-38(14-3-1)46-18-10-11-21-51(46)53(44-29-24-37(25-30-44)42-23-22-36-12-4-5-16-41(36)34-42)45-31-26-40(27-32-45)50-35-43-17-7-9-20-48(43)52-47-19-8-6-15-39(47)28-33-49(50)52/h1-35H. The molecule has 0 unspecified atom stereocenters. The summed E-state index contributed by atoms with van der Waals surface area (Å²) in [7, 11) is 0. The molecule has 0 amide bonds. The molecule has 10 aromatic rings. The predicted molar refractivity (Wildman–Crippen MR) is 227 cm³/mol. The van der Waals surface area contributed by atoms with Gasteiger partial charge in [0.05, 0.1) is 5.69 Å². The third-order valence-corrected chi connectivity index (χ3v) is 10.6.